The van der Waals surface area contributed by atoms with Crippen LogP contribution in [0.2, 0.25) is 0 Å². The number of aryl methyl sites for hydroxylation is 1. The van der Waals surface area contributed by atoms with Crippen LogP contribution in [0.15, 0.2) is 67.3 Å². The van der Waals surface area contributed by atoms with Crippen molar-refractivity contribution in [2.45, 2.75) is 44.9 Å². The topological polar surface area (TPSA) is 18.5 Å². The van der Waals surface area contributed by atoms with E-state index in [0.717, 1.165) is 31.2 Å². The van der Waals surface area contributed by atoms with Crippen LogP contribution in [-0.4, -0.2) is 13.2 Å². The van der Waals surface area contributed by atoms with Gasteiger partial charge in [0.15, 0.2) is 23.2 Å². The number of hydrogen-bond acceptors (Lipinski definition) is 2. The summed E-state index contributed by atoms with van der Waals surface area (Å²) >= 11 is 0. The summed E-state index contributed by atoms with van der Waals surface area (Å²) in [7, 11) is 0. The van der Waals surface area contributed by atoms with Crippen molar-refractivity contribution in [3.8, 4) is 22.6 Å². The molecular formula is C30H31F3O2. The fourth-order valence-electron chi connectivity index (χ4n) is 4.63. The molecule has 0 saturated heterocycles. The third-order valence-electron chi connectivity index (χ3n) is 6.73. The lowest BCUT2D eigenvalue weighted by Crippen LogP contribution is -2.20. The molecule has 0 aromatic heterocycles. The molecule has 5 heteroatoms. The zero-order chi connectivity index (χ0) is 24.8. The molecule has 2 nitrogen and oxygen atoms in total. The van der Waals surface area contributed by atoms with E-state index in [-0.39, 0.29) is 23.1 Å². The SMILES string of the molecule is C=CCCOc1ccc(OCC2CCC(c3ccc(-c4ccc(C)cc4)c(F)c3F)CC2)c(F)c1. The van der Waals surface area contributed by atoms with Crippen LogP contribution in [0.5, 0.6) is 11.5 Å². The molecule has 184 valence electrons. The molecule has 35 heavy (non-hydrogen) atoms. The van der Waals surface area contributed by atoms with E-state index in [1.165, 1.54) is 6.07 Å². The fourth-order valence-corrected chi connectivity index (χ4v) is 4.63. The van der Waals surface area contributed by atoms with Crippen LogP contribution in [0.3, 0.4) is 0 Å². The minimum absolute atomic E-state index is 0.0310. The van der Waals surface area contributed by atoms with E-state index in [9.17, 15) is 13.2 Å². The minimum Gasteiger partial charge on any atom is -0.493 e. The zero-order valence-electron chi connectivity index (χ0n) is 20.0. The maximum absolute atomic E-state index is 15.0. The van der Waals surface area contributed by atoms with E-state index in [1.54, 1.807) is 30.3 Å². The van der Waals surface area contributed by atoms with E-state index >= 15 is 0 Å². The first-order valence-electron chi connectivity index (χ1n) is 12.2. The molecule has 1 saturated carbocycles. The first-order valence-corrected chi connectivity index (χ1v) is 12.2. The van der Waals surface area contributed by atoms with Gasteiger partial charge in [0.25, 0.3) is 0 Å². The molecule has 0 radical (unpaired) electrons. The van der Waals surface area contributed by atoms with Crippen LogP contribution < -0.4 is 9.47 Å². The summed E-state index contributed by atoms with van der Waals surface area (Å²) in [5.41, 5.74) is 2.46. The monoisotopic (exact) mass is 480 g/mol. The van der Waals surface area contributed by atoms with Crippen LogP contribution in [0.4, 0.5) is 13.2 Å². The van der Waals surface area contributed by atoms with Crippen molar-refractivity contribution in [2.24, 2.45) is 5.92 Å². The molecule has 0 bridgehead atoms. The molecule has 1 aliphatic rings. The molecule has 3 aromatic carbocycles. The second-order valence-electron chi connectivity index (χ2n) is 9.24. The predicted molar refractivity (Wildman–Crippen MR) is 133 cm³/mol. The van der Waals surface area contributed by atoms with Crippen LogP contribution >= 0.6 is 0 Å². The van der Waals surface area contributed by atoms with Crippen molar-refractivity contribution in [1.82, 2.24) is 0 Å². The number of ether oxygens (including phenoxy) is 2. The Morgan fingerprint density at radius 2 is 1.63 bits per heavy atom. The average molecular weight is 481 g/mol. The normalized spacial score (nSPS) is 17.7. The molecule has 0 aliphatic heterocycles. The van der Waals surface area contributed by atoms with Crippen molar-refractivity contribution < 1.29 is 22.6 Å². The molecule has 1 fully saturated rings. The van der Waals surface area contributed by atoms with Gasteiger partial charge in [-0.15, -0.1) is 6.58 Å². The Labute approximate surface area is 205 Å². The van der Waals surface area contributed by atoms with Crippen LogP contribution in [0.1, 0.15) is 49.1 Å². The Hall–Kier alpha value is -3.21. The van der Waals surface area contributed by atoms with Gasteiger partial charge in [-0.1, -0.05) is 48.0 Å². The summed E-state index contributed by atoms with van der Waals surface area (Å²) in [5, 5.41) is 0. The molecule has 0 N–H and O–H groups in total. The summed E-state index contributed by atoms with van der Waals surface area (Å²) in [6, 6.07) is 15.4. The first kappa shape index (κ1) is 24.9. The summed E-state index contributed by atoms with van der Waals surface area (Å²) in [6.45, 7) is 6.43. The highest BCUT2D eigenvalue weighted by atomic mass is 19.2. The van der Waals surface area contributed by atoms with Gasteiger partial charge in [-0.05, 0) is 74.1 Å². The van der Waals surface area contributed by atoms with Gasteiger partial charge in [-0.3, -0.25) is 0 Å². The lowest BCUT2D eigenvalue weighted by molar-refractivity contribution is 0.193. The Morgan fingerprint density at radius 3 is 2.31 bits per heavy atom. The van der Waals surface area contributed by atoms with E-state index in [0.29, 0.717) is 36.5 Å². The number of rotatable bonds is 9. The molecule has 0 heterocycles. The molecule has 4 rings (SSSR count). The Bertz CT molecular complexity index is 1150. The van der Waals surface area contributed by atoms with Gasteiger partial charge in [-0.2, -0.15) is 0 Å². The largest absolute Gasteiger partial charge is 0.493 e. The van der Waals surface area contributed by atoms with Crippen molar-refractivity contribution in [2.75, 3.05) is 13.2 Å². The summed E-state index contributed by atoms with van der Waals surface area (Å²) in [4.78, 5) is 0. The Balaban J connectivity index is 1.32. The summed E-state index contributed by atoms with van der Waals surface area (Å²) < 4.78 is 55.4. The maximum atomic E-state index is 15.0. The highest BCUT2D eigenvalue weighted by Gasteiger charge is 2.27. The molecule has 3 aromatic rings. The van der Waals surface area contributed by atoms with E-state index < -0.39 is 17.5 Å². The third-order valence-corrected chi connectivity index (χ3v) is 6.73. The minimum atomic E-state index is -0.788. The van der Waals surface area contributed by atoms with Gasteiger partial charge in [-0.25, -0.2) is 13.2 Å². The third kappa shape index (κ3) is 6.08. The van der Waals surface area contributed by atoms with Gasteiger partial charge in [0.05, 0.1) is 13.2 Å². The standard InChI is InChI=1S/C30H31F3O2/c1-3-4-17-34-24-13-16-28(27(31)18-24)35-19-21-7-11-23(12-8-21)26-15-14-25(29(32)30(26)33)22-9-5-20(2)6-10-22/h3,5-6,9-10,13-16,18,21,23H,1,4,7-8,11-12,17,19H2,2H3. The van der Waals surface area contributed by atoms with Crippen LogP contribution in [-0.2, 0) is 0 Å². The van der Waals surface area contributed by atoms with Gasteiger partial charge in [0.2, 0.25) is 0 Å². The highest BCUT2D eigenvalue weighted by molar-refractivity contribution is 5.65. The van der Waals surface area contributed by atoms with Crippen LogP contribution in [0.25, 0.3) is 11.1 Å². The Kier molecular flexibility index (Phi) is 8.17. The zero-order valence-corrected chi connectivity index (χ0v) is 20.0. The molecular weight excluding hydrogens is 449 g/mol. The average Bonchev–Trinajstić information content (AvgIpc) is 2.86. The fraction of sp³-hybridized carbons (Fsp3) is 0.333. The second kappa shape index (κ2) is 11.5. The summed E-state index contributed by atoms with van der Waals surface area (Å²) in [6.07, 6.45) is 5.55. The molecule has 0 unspecified atom stereocenters. The van der Waals surface area contributed by atoms with Gasteiger partial charge in [0.1, 0.15) is 5.75 Å². The van der Waals surface area contributed by atoms with Crippen molar-refractivity contribution in [3.63, 3.8) is 0 Å². The number of benzene rings is 3. The smallest absolute Gasteiger partial charge is 0.168 e. The predicted octanol–water partition coefficient (Wildman–Crippen LogP) is 8.39. The van der Waals surface area contributed by atoms with Gasteiger partial charge in [0, 0.05) is 11.6 Å². The quantitative estimate of drug-likeness (QED) is 0.226. The number of halogens is 3. The highest BCUT2D eigenvalue weighted by Crippen LogP contribution is 2.39. The van der Waals surface area contributed by atoms with Crippen molar-refractivity contribution in [1.29, 1.82) is 0 Å². The molecule has 1 aliphatic carbocycles. The summed E-state index contributed by atoms with van der Waals surface area (Å²) in [5.74, 6) is -1.13. The van der Waals surface area contributed by atoms with Gasteiger partial charge >= 0.3 is 0 Å². The lowest BCUT2D eigenvalue weighted by atomic mass is 9.78. The first-order chi connectivity index (χ1) is 17.0. The second-order valence-corrected chi connectivity index (χ2v) is 9.24. The van der Waals surface area contributed by atoms with E-state index in [2.05, 4.69) is 6.58 Å². The van der Waals surface area contributed by atoms with E-state index in [1.807, 2.05) is 31.2 Å². The maximum Gasteiger partial charge on any atom is 0.168 e. The molecule has 0 atom stereocenters. The van der Waals surface area contributed by atoms with E-state index in [4.69, 9.17) is 9.47 Å². The molecule has 0 spiro atoms. The van der Waals surface area contributed by atoms with Crippen LogP contribution in [0, 0.1) is 30.3 Å². The van der Waals surface area contributed by atoms with Crippen molar-refractivity contribution in [3.05, 3.63) is 95.8 Å². The number of hydrogen-bond donors (Lipinski definition) is 0. The van der Waals surface area contributed by atoms with Crippen molar-refractivity contribution >= 4 is 0 Å². The Morgan fingerprint density at radius 1 is 0.886 bits per heavy atom. The lowest BCUT2D eigenvalue weighted by Gasteiger charge is -2.29. The van der Waals surface area contributed by atoms with Gasteiger partial charge < -0.3 is 9.47 Å². The molecule has 0 amide bonds.